The topological polar surface area (TPSA) is 78.5 Å². The van der Waals surface area contributed by atoms with E-state index in [1.165, 1.54) is 18.2 Å². The number of nitrogens with one attached hydrogen (secondary N) is 1. The number of hydrogen-bond acceptors (Lipinski definition) is 4. The van der Waals surface area contributed by atoms with Crippen molar-refractivity contribution in [2.45, 2.75) is 18.4 Å². The van der Waals surface area contributed by atoms with Crippen molar-refractivity contribution in [3.63, 3.8) is 0 Å². The highest BCUT2D eigenvalue weighted by Crippen LogP contribution is 2.44. The summed E-state index contributed by atoms with van der Waals surface area (Å²) in [5, 5.41) is 13.7. The summed E-state index contributed by atoms with van der Waals surface area (Å²) in [6.07, 6.45) is -1.12. The third-order valence-electron chi connectivity index (χ3n) is 5.30. The second-order valence-corrected chi connectivity index (χ2v) is 7.14. The summed E-state index contributed by atoms with van der Waals surface area (Å²) >= 11 is 0. The fourth-order valence-corrected chi connectivity index (χ4v) is 3.86. The summed E-state index contributed by atoms with van der Waals surface area (Å²) in [5.41, 5.74) is 4.46. The molecule has 0 radical (unpaired) electrons. The van der Waals surface area contributed by atoms with Crippen molar-refractivity contribution in [1.82, 2.24) is 5.32 Å². The smallest absolute Gasteiger partial charge is 0.407 e. The molecule has 1 N–H and O–H groups in total. The lowest BCUT2D eigenvalue weighted by Gasteiger charge is -2.21. The van der Waals surface area contributed by atoms with Crippen molar-refractivity contribution in [2.24, 2.45) is 0 Å². The Kier molecular flexibility index (Phi) is 5.48. The molecule has 5 nitrogen and oxygen atoms in total. The summed E-state index contributed by atoms with van der Waals surface area (Å²) in [6.45, 7) is 0.0549. The fourth-order valence-electron chi connectivity index (χ4n) is 3.86. The van der Waals surface area contributed by atoms with Crippen LogP contribution < -0.4 is 10.4 Å². The van der Waals surface area contributed by atoms with Gasteiger partial charge in [-0.3, -0.25) is 0 Å². The highest BCUT2D eigenvalue weighted by atomic mass is 19.1. The van der Waals surface area contributed by atoms with E-state index in [4.69, 9.17) is 4.74 Å². The van der Waals surface area contributed by atoms with Crippen LogP contribution in [0.4, 0.5) is 9.18 Å². The zero-order valence-corrected chi connectivity index (χ0v) is 16.0. The van der Waals surface area contributed by atoms with Crippen LogP contribution in [0.2, 0.25) is 0 Å². The molecule has 0 spiro atoms. The standard InChI is InChI=1S/C24H20FNO4/c25-21-12-6-1-7-15(21)13-22(23(27)28)26-24(29)30-14-20-18-10-4-2-8-16(18)17-9-3-5-11-19(17)20/h1-12,20,22H,13-14H2,(H,26,29)(H,27,28)/p-1/t22-/m1/s1. The van der Waals surface area contributed by atoms with E-state index < -0.39 is 23.9 Å². The molecule has 0 saturated carbocycles. The first-order valence-electron chi connectivity index (χ1n) is 9.60. The van der Waals surface area contributed by atoms with Crippen LogP contribution in [0.1, 0.15) is 22.6 Å². The molecule has 0 fully saturated rings. The summed E-state index contributed by atoms with van der Waals surface area (Å²) in [6, 6.07) is 20.2. The van der Waals surface area contributed by atoms with E-state index in [0.717, 1.165) is 22.3 Å². The van der Waals surface area contributed by atoms with Crippen molar-refractivity contribution in [3.05, 3.63) is 95.3 Å². The number of amides is 1. The maximum absolute atomic E-state index is 13.8. The van der Waals surface area contributed by atoms with Crippen LogP contribution in [0, 0.1) is 5.82 Å². The highest BCUT2D eigenvalue weighted by molar-refractivity contribution is 5.80. The molecule has 3 aromatic rings. The second-order valence-electron chi connectivity index (χ2n) is 7.14. The summed E-state index contributed by atoms with van der Waals surface area (Å²) in [4.78, 5) is 23.7. The number of benzene rings is 3. The van der Waals surface area contributed by atoms with Gasteiger partial charge in [-0.25, -0.2) is 9.18 Å². The van der Waals surface area contributed by atoms with Crippen LogP contribution in [0.5, 0.6) is 0 Å². The van der Waals surface area contributed by atoms with Crippen LogP contribution in [-0.2, 0) is 16.0 Å². The average molecular weight is 404 g/mol. The molecular weight excluding hydrogens is 385 g/mol. The van der Waals surface area contributed by atoms with Gasteiger partial charge in [0, 0.05) is 12.3 Å². The summed E-state index contributed by atoms with van der Waals surface area (Å²) in [7, 11) is 0. The first-order valence-corrected chi connectivity index (χ1v) is 9.60. The molecule has 0 bridgehead atoms. The number of carboxylic acids is 1. The van der Waals surface area contributed by atoms with Crippen molar-refractivity contribution in [2.75, 3.05) is 6.61 Å². The predicted octanol–water partition coefficient (Wildman–Crippen LogP) is 3.03. The van der Waals surface area contributed by atoms with Gasteiger partial charge in [0.25, 0.3) is 0 Å². The first kappa shape index (κ1) is 19.6. The Labute approximate surface area is 173 Å². The van der Waals surface area contributed by atoms with Gasteiger partial charge < -0.3 is 20.0 Å². The van der Waals surface area contributed by atoms with E-state index in [2.05, 4.69) is 5.32 Å². The molecule has 30 heavy (non-hydrogen) atoms. The first-order chi connectivity index (χ1) is 14.5. The molecule has 1 aliphatic carbocycles. The van der Waals surface area contributed by atoms with E-state index >= 15 is 0 Å². The van der Waals surface area contributed by atoms with Gasteiger partial charge in [0.05, 0.1) is 12.0 Å². The van der Waals surface area contributed by atoms with Crippen LogP contribution >= 0.6 is 0 Å². The predicted molar refractivity (Wildman–Crippen MR) is 107 cm³/mol. The van der Waals surface area contributed by atoms with Gasteiger partial charge in [0.1, 0.15) is 12.4 Å². The fraction of sp³-hybridized carbons (Fsp3) is 0.167. The van der Waals surface area contributed by atoms with Crippen LogP contribution in [-0.4, -0.2) is 24.7 Å². The molecule has 152 valence electrons. The molecular formula is C24H19FNO4-. The number of alkyl carbamates (subject to hydrolysis) is 1. The molecule has 3 aromatic carbocycles. The minimum absolute atomic E-state index is 0.0549. The molecule has 4 rings (SSSR count). The van der Waals surface area contributed by atoms with Crippen molar-refractivity contribution < 1.29 is 23.8 Å². The third-order valence-corrected chi connectivity index (χ3v) is 5.30. The normalized spacial score (nSPS) is 13.2. The maximum Gasteiger partial charge on any atom is 0.407 e. The van der Waals surface area contributed by atoms with Crippen molar-refractivity contribution in [3.8, 4) is 11.1 Å². The van der Waals surface area contributed by atoms with Crippen LogP contribution in [0.25, 0.3) is 11.1 Å². The molecule has 0 aromatic heterocycles. The Morgan fingerprint density at radius 3 is 2.10 bits per heavy atom. The van der Waals surface area contributed by atoms with E-state index in [9.17, 15) is 19.1 Å². The number of ether oxygens (including phenoxy) is 1. The minimum Gasteiger partial charge on any atom is -0.548 e. The molecule has 0 unspecified atom stereocenters. The molecule has 0 heterocycles. The molecule has 0 saturated heterocycles. The zero-order chi connectivity index (χ0) is 21.1. The monoisotopic (exact) mass is 404 g/mol. The van der Waals surface area contributed by atoms with E-state index in [-0.39, 0.29) is 24.5 Å². The lowest BCUT2D eigenvalue weighted by Crippen LogP contribution is -2.49. The summed E-state index contributed by atoms with van der Waals surface area (Å²) in [5.74, 6) is -2.19. The van der Waals surface area contributed by atoms with Gasteiger partial charge in [-0.05, 0) is 33.9 Å². The van der Waals surface area contributed by atoms with E-state index in [1.54, 1.807) is 6.07 Å². The Hall–Kier alpha value is -3.67. The number of aliphatic carboxylic acids is 1. The van der Waals surface area contributed by atoms with E-state index in [1.807, 2.05) is 48.5 Å². The maximum atomic E-state index is 13.8. The van der Waals surface area contributed by atoms with E-state index in [0.29, 0.717) is 0 Å². The minimum atomic E-state index is -1.51. The lowest BCUT2D eigenvalue weighted by atomic mass is 9.98. The number of rotatable bonds is 6. The molecule has 0 aliphatic heterocycles. The Morgan fingerprint density at radius 2 is 1.50 bits per heavy atom. The third kappa shape index (κ3) is 3.89. The van der Waals surface area contributed by atoms with Crippen molar-refractivity contribution in [1.29, 1.82) is 0 Å². The Balaban J connectivity index is 1.44. The lowest BCUT2D eigenvalue weighted by molar-refractivity contribution is -0.308. The van der Waals surface area contributed by atoms with Gasteiger partial charge in [-0.1, -0.05) is 66.7 Å². The van der Waals surface area contributed by atoms with Gasteiger partial charge in [-0.2, -0.15) is 0 Å². The number of hydrogen-bond donors (Lipinski definition) is 1. The zero-order valence-electron chi connectivity index (χ0n) is 16.0. The number of carboxylic acid groups (broad SMARTS) is 1. The number of carbonyl (C=O) groups excluding carboxylic acids is 2. The van der Waals surface area contributed by atoms with Gasteiger partial charge in [0.2, 0.25) is 0 Å². The van der Waals surface area contributed by atoms with Gasteiger partial charge in [-0.15, -0.1) is 0 Å². The van der Waals surface area contributed by atoms with Crippen LogP contribution in [0.15, 0.2) is 72.8 Å². The molecule has 1 aliphatic rings. The highest BCUT2D eigenvalue weighted by Gasteiger charge is 2.29. The van der Waals surface area contributed by atoms with Crippen molar-refractivity contribution >= 4 is 12.1 Å². The quantitative estimate of drug-likeness (QED) is 0.685. The Bertz CT molecular complexity index is 1050. The largest absolute Gasteiger partial charge is 0.548 e. The van der Waals surface area contributed by atoms with Crippen LogP contribution in [0.3, 0.4) is 0 Å². The molecule has 1 amide bonds. The Morgan fingerprint density at radius 1 is 0.933 bits per heavy atom. The molecule has 6 heteroatoms. The van der Waals surface area contributed by atoms with Gasteiger partial charge >= 0.3 is 6.09 Å². The summed E-state index contributed by atoms with van der Waals surface area (Å²) < 4.78 is 19.2. The average Bonchev–Trinajstić information content (AvgIpc) is 3.07. The number of fused-ring (bicyclic) bond motifs is 3. The number of halogens is 1. The second kappa shape index (κ2) is 8.37. The molecule has 1 atom stereocenters. The number of carbonyl (C=O) groups is 2. The van der Waals surface area contributed by atoms with Gasteiger partial charge in [0.15, 0.2) is 0 Å². The SMILES string of the molecule is O=C(N[C@H](Cc1ccccc1F)C(=O)[O-])OCC1c2ccccc2-c2ccccc21.